The molecular weight excluding hydrogens is 278 g/mol. The number of methoxy groups -OCH3 is 1. The van der Waals surface area contributed by atoms with Crippen molar-refractivity contribution in [1.82, 2.24) is 14.8 Å². The van der Waals surface area contributed by atoms with Gasteiger partial charge in [0, 0.05) is 43.0 Å². The van der Waals surface area contributed by atoms with Gasteiger partial charge < -0.3 is 9.64 Å². The highest BCUT2D eigenvalue weighted by molar-refractivity contribution is 5.83. The van der Waals surface area contributed by atoms with Gasteiger partial charge in [-0.05, 0) is 33.6 Å². The maximum Gasteiger partial charge on any atom is 0.239 e. The lowest BCUT2D eigenvalue weighted by Crippen LogP contribution is -2.58. The molecule has 0 saturated carbocycles. The first-order chi connectivity index (χ1) is 10.5. The predicted octanol–water partition coefficient (Wildman–Crippen LogP) is 1.90. The molecule has 0 unspecified atom stereocenters. The van der Waals surface area contributed by atoms with Crippen LogP contribution in [0, 0.1) is 13.8 Å². The average molecular weight is 303 g/mol. The third-order valence-corrected chi connectivity index (χ3v) is 5.11. The Hall–Kier alpha value is -1.62. The Labute approximate surface area is 132 Å². The van der Waals surface area contributed by atoms with E-state index in [4.69, 9.17) is 4.74 Å². The molecule has 2 fully saturated rings. The van der Waals surface area contributed by atoms with Crippen LogP contribution in [0.3, 0.4) is 0 Å². The summed E-state index contributed by atoms with van der Waals surface area (Å²) in [5.74, 6) is 1.17. The second kappa shape index (κ2) is 5.88. The van der Waals surface area contributed by atoms with Gasteiger partial charge in [-0.15, -0.1) is 0 Å². The van der Waals surface area contributed by atoms with Crippen molar-refractivity contribution in [2.24, 2.45) is 0 Å². The van der Waals surface area contributed by atoms with E-state index in [1.54, 1.807) is 7.11 Å². The number of amides is 1. The first kappa shape index (κ1) is 15.3. The van der Waals surface area contributed by atoms with Gasteiger partial charge in [0.15, 0.2) is 0 Å². The Kier molecular flexibility index (Phi) is 4.08. The second-order valence-electron chi connectivity index (χ2n) is 6.48. The molecule has 0 radical (unpaired) electrons. The number of aromatic nitrogens is 1. The number of aryl methyl sites for hydroxylation is 1. The topological polar surface area (TPSA) is 45.7 Å². The van der Waals surface area contributed by atoms with Crippen LogP contribution in [0.1, 0.15) is 36.6 Å². The summed E-state index contributed by atoms with van der Waals surface area (Å²) in [5, 5.41) is 0. The standard InChI is InChI=1S/C17H25N3O2/c1-11-8-18-15(12(2)16(11)22-4)10-19-9-14-6-5-7-20(14)17(21)13(19)3/h8,13-14H,5-7,9-10H2,1-4H3/t13-,14-/m1/s1. The molecule has 5 heteroatoms. The average Bonchev–Trinajstić information content (AvgIpc) is 2.96. The van der Waals surface area contributed by atoms with Crippen LogP contribution >= 0.6 is 0 Å². The molecule has 22 heavy (non-hydrogen) atoms. The molecule has 1 aromatic rings. The Morgan fingerprint density at radius 3 is 2.91 bits per heavy atom. The fourth-order valence-corrected chi connectivity index (χ4v) is 3.76. The van der Waals surface area contributed by atoms with Gasteiger partial charge in [0.05, 0.1) is 18.8 Å². The molecule has 3 heterocycles. The largest absolute Gasteiger partial charge is 0.496 e. The molecule has 0 N–H and O–H groups in total. The molecule has 5 nitrogen and oxygen atoms in total. The van der Waals surface area contributed by atoms with Crippen molar-refractivity contribution >= 4 is 5.91 Å². The zero-order chi connectivity index (χ0) is 15.9. The molecule has 0 spiro atoms. The van der Waals surface area contributed by atoms with Crippen LogP contribution in [0.2, 0.25) is 0 Å². The van der Waals surface area contributed by atoms with E-state index in [2.05, 4.69) is 14.8 Å². The van der Waals surface area contributed by atoms with Crippen molar-refractivity contribution in [3.8, 4) is 5.75 Å². The van der Waals surface area contributed by atoms with Gasteiger partial charge in [-0.1, -0.05) is 0 Å². The monoisotopic (exact) mass is 303 g/mol. The molecule has 2 saturated heterocycles. The molecule has 2 aliphatic heterocycles. The fraction of sp³-hybridized carbons (Fsp3) is 0.647. The summed E-state index contributed by atoms with van der Waals surface area (Å²) in [6, 6.07) is 0.319. The van der Waals surface area contributed by atoms with E-state index in [0.29, 0.717) is 12.6 Å². The van der Waals surface area contributed by atoms with Crippen molar-refractivity contribution < 1.29 is 9.53 Å². The maximum absolute atomic E-state index is 12.5. The molecular formula is C17H25N3O2. The van der Waals surface area contributed by atoms with Crippen molar-refractivity contribution in [2.45, 2.75) is 52.2 Å². The molecule has 0 bridgehead atoms. The fourth-order valence-electron chi connectivity index (χ4n) is 3.76. The van der Waals surface area contributed by atoms with Gasteiger partial charge in [0.2, 0.25) is 5.91 Å². The lowest BCUT2D eigenvalue weighted by Gasteiger charge is -2.41. The lowest BCUT2D eigenvalue weighted by atomic mass is 10.1. The van der Waals surface area contributed by atoms with Crippen molar-refractivity contribution in [3.05, 3.63) is 23.0 Å². The van der Waals surface area contributed by atoms with Crippen LogP contribution in [-0.4, -0.2) is 53.0 Å². The van der Waals surface area contributed by atoms with Gasteiger partial charge in [0.1, 0.15) is 5.75 Å². The summed E-state index contributed by atoms with van der Waals surface area (Å²) >= 11 is 0. The number of fused-ring (bicyclic) bond motifs is 1. The predicted molar refractivity (Wildman–Crippen MR) is 84.9 cm³/mol. The number of hydrogen-bond donors (Lipinski definition) is 0. The molecule has 0 aliphatic carbocycles. The number of hydrogen-bond acceptors (Lipinski definition) is 4. The Balaban J connectivity index is 1.82. The van der Waals surface area contributed by atoms with E-state index < -0.39 is 0 Å². The molecule has 2 atom stereocenters. The number of rotatable bonds is 3. The molecule has 3 rings (SSSR count). The van der Waals surface area contributed by atoms with Crippen LogP contribution in [0.25, 0.3) is 0 Å². The van der Waals surface area contributed by atoms with Gasteiger partial charge in [0.25, 0.3) is 0 Å². The number of carbonyl (C=O) groups is 1. The minimum Gasteiger partial charge on any atom is -0.496 e. The minimum absolute atomic E-state index is 0.0668. The molecule has 2 aliphatic rings. The van der Waals surface area contributed by atoms with E-state index in [-0.39, 0.29) is 11.9 Å². The van der Waals surface area contributed by atoms with Crippen LogP contribution in [0.15, 0.2) is 6.20 Å². The Bertz CT molecular complexity index is 588. The lowest BCUT2D eigenvalue weighted by molar-refractivity contribution is -0.143. The summed E-state index contributed by atoms with van der Waals surface area (Å²) in [7, 11) is 1.70. The first-order valence-corrected chi connectivity index (χ1v) is 8.06. The van der Waals surface area contributed by atoms with E-state index in [9.17, 15) is 4.79 Å². The SMILES string of the molecule is COc1c(C)cnc(CN2C[C@H]3CCCN3C(=O)[C@H]2C)c1C. The van der Waals surface area contributed by atoms with Gasteiger partial charge in [-0.25, -0.2) is 0 Å². The minimum atomic E-state index is -0.0668. The summed E-state index contributed by atoms with van der Waals surface area (Å²) < 4.78 is 5.49. The normalized spacial score (nSPS) is 25.5. The highest BCUT2D eigenvalue weighted by Crippen LogP contribution is 2.29. The van der Waals surface area contributed by atoms with Gasteiger partial charge >= 0.3 is 0 Å². The zero-order valence-corrected chi connectivity index (χ0v) is 13.9. The summed E-state index contributed by atoms with van der Waals surface area (Å²) in [6.45, 7) is 8.65. The van der Waals surface area contributed by atoms with Crippen molar-refractivity contribution in [2.75, 3.05) is 20.2 Å². The van der Waals surface area contributed by atoms with Crippen LogP contribution in [0.4, 0.5) is 0 Å². The van der Waals surface area contributed by atoms with Crippen LogP contribution < -0.4 is 4.74 Å². The first-order valence-electron chi connectivity index (χ1n) is 8.06. The number of piperazine rings is 1. The quantitative estimate of drug-likeness (QED) is 0.855. The maximum atomic E-state index is 12.5. The number of pyridine rings is 1. The Morgan fingerprint density at radius 2 is 2.18 bits per heavy atom. The van der Waals surface area contributed by atoms with Crippen molar-refractivity contribution in [3.63, 3.8) is 0 Å². The number of carbonyl (C=O) groups excluding carboxylic acids is 1. The highest BCUT2D eigenvalue weighted by Gasteiger charge is 2.40. The zero-order valence-electron chi connectivity index (χ0n) is 13.9. The van der Waals surface area contributed by atoms with Gasteiger partial charge in [-0.2, -0.15) is 0 Å². The third kappa shape index (κ3) is 2.47. The van der Waals surface area contributed by atoms with E-state index in [1.807, 2.05) is 27.0 Å². The molecule has 120 valence electrons. The molecule has 0 aromatic carbocycles. The van der Waals surface area contributed by atoms with Crippen LogP contribution in [-0.2, 0) is 11.3 Å². The van der Waals surface area contributed by atoms with Crippen LogP contribution in [0.5, 0.6) is 5.75 Å². The second-order valence-corrected chi connectivity index (χ2v) is 6.48. The Morgan fingerprint density at radius 1 is 1.41 bits per heavy atom. The third-order valence-electron chi connectivity index (χ3n) is 5.11. The number of ether oxygens (including phenoxy) is 1. The number of nitrogens with zero attached hydrogens (tertiary/aromatic N) is 3. The summed E-state index contributed by atoms with van der Waals surface area (Å²) in [5.41, 5.74) is 3.14. The smallest absolute Gasteiger partial charge is 0.239 e. The van der Waals surface area contributed by atoms with E-state index in [0.717, 1.165) is 48.5 Å². The molecule has 1 aromatic heterocycles. The summed E-state index contributed by atoms with van der Waals surface area (Å²) in [4.78, 5) is 21.4. The van der Waals surface area contributed by atoms with E-state index >= 15 is 0 Å². The van der Waals surface area contributed by atoms with Crippen molar-refractivity contribution in [1.29, 1.82) is 0 Å². The highest BCUT2D eigenvalue weighted by atomic mass is 16.5. The summed E-state index contributed by atoms with van der Waals surface area (Å²) in [6.07, 6.45) is 4.12. The van der Waals surface area contributed by atoms with E-state index in [1.165, 1.54) is 0 Å². The molecule has 1 amide bonds. The van der Waals surface area contributed by atoms with Gasteiger partial charge in [-0.3, -0.25) is 14.7 Å².